The van der Waals surface area contributed by atoms with E-state index in [0.29, 0.717) is 11.3 Å². The van der Waals surface area contributed by atoms with Gasteiger partial charge in [-0.15, -0.1) is 0 Å². The SMILES string of the molecule is C=O.CC(=O)/C(=C(/C)N)c1ccc2c(c1)NN(c1cncc3ccccc13)C2.COC. The lowest BCUT2D eigenvalue weighted by atomic mass is 9.98. The summed E-state index contributed by atoms with van der Waals surface area (Å²) >= 11 is 0. The van der Waals surface area contributed by atoms with E-state index >= 15 is 0 Å². The average molecular weight is 421 g/mol. The van der Waals surface area contributed by atoms with E-state index in [1.54, 1.807) is 28.1 Å². The minimum absolute atomic E-state index is 0.0296. The Morgan fingerprint density at radius 3 is 2.45 bits per heavy atom. The highest BCUT2D eigenvalue weighted by molar-refractivity contribution is 6.20. The van der Waals surface area contributed by atoms with Crippen LogP contribution < -0.4 is 16.2 Å². The van der Waals surface area contributed by atoms with Crippen molar-refractivity contribution in [2.75, 3.05) is 24.7 Å². The summed E-state index contributed by atoms with van der Waals surface area (Å²) in [4.78, 5) is 24.3. The Morgan fingerprint density at radius 1 is 1.13 bits per heavy atom. The van der Waals surface area contributed by atoms with Gasteiger partial charge in [0, 0.05) is 42.5 Å². The fourth-order valence-electron chi connectivity index (χ4n) is 3.50. The quantitative estimate of drug-likeness (QED) is 0.619. The van der Waals surface area contributed by atoms with Crippen molar-refractivity contribution in [1.29, 1.82) is 0 Å². The molecule has 1 aromatic heterocycles. The zero-order valence-corrected chi connectivity index (χ0v) is 18.3. The molecule has 3 N–H and O–H groups in total. The Bertz CT molecular complexity index is 1090. The molecule has 0 spiro atoms. The van der Waals surface area contributed by atoms with Crippen molar-refractivity contribution >= 4 is 40.3 Å². The molecule has 0 unspecified atom stereocenters. The van der Waals surface area contributed by atoms with E-state index in [1.165, 1.54) is 5.56 Å². The lowest BCUT2D eigenvalue weighted by Gasteiger charge is -2.20. The van der Waals surface area contributed by atoms with Crippen LogP contribution in [0.4, 0.5) is 11.4 Å². The number of fused-ring (bicyclic) bond motifs is 2. The zero-order chi connectivity index (χ0) is 23.0. The normalized spacial score (nSPS) is 12.5. The van der Waals surface area contributed by atoms with Gasteiger partial charge in [0.1, 0.15) is 6.79 Å². The van der Waals surface area contributed by atoms with Crippen molar-refractivity contribution in [1.82, 2.24) is 4.98 Å². The number of nitrogens with zero attached hydrogens (tertiary/aromatic N) is 2. The van der Waals surface area contributed by atoms with Gasteiger partial charge >= 0.3 is 0 Å². The molecular weight excluding hydrogens is 392 g/mol. The number of hydrogen-bond acceptors (Lipinski definition) is 7. The predicted octanol–water partition coefficient (Wildman–Crippen LogP) is 3.94. The molecule has 0 radical (unpaired) electrons. The Hall–Kier alpha value is -3.71. The molecular formula is C24H28N4O3. The van der Waals surface area contributed by atoms with Gasteiger partial charge in [-0.05, 0) is 31.0 Å². The molecule has 7 heteroatoms. The highest BCUT2D eigenvalue weighted by Crippen LogP contribution is 2.34. The van der Waals surface area contributed by atoms with Crippen LogP contribution in [0.3, 0.4) is 0 Å². The van der Waals surface area contributed by atoms with E-state index in [9.17, 15) is 4.79 Å². The number of allylic oxidation sites excluding steroid dienone is 2. The third-order valence-corrected chi connectivity index (χ3v) is 4.67. The highest BCUT2D eigenvalue weighted by Gasteiger charge is 2.22. The molecule has 0 bridgehead atoms. The summed E-state index contributed by atoms with van der Waals surface area (Å²) in [6, 6.07) is 14.2. The summed E-state index contributed by atoms with van der Waals surface area (Å²) in [7, 11) is 3.25. The van der Waals surface area contributed by atoms with Gasteiger partial charge < -0.3 is 15.3 Å². The largest absolute Gasteiger partial charge is 0.402 e. The minimum atomic E-state index is -0.0296. The molecule has 0 saturated heterocycles. The first kappa shape index (κ1) is 23.6. The summed E-state index contributed by atoms with van der Waals surface area (Å²) < 4.78 is 4.25. The molecule has 162 valence electrons. The van der Waals surface area contributed by atoms with E-state index in [0.717, 1.165) is 34.3 Å². The fraction of sp³-hybridized carbons (Fsp3) is 0.208. The van der Waals surface area contributed by atoms with Crippen LogP contribution in [-0.4, -0.2) is 31.8 Å². The predicted molar refractivity (Wildman–Crippen MR) is 126 cm³/mol. The number of hydrazine groups is 1. The molecule has 31 heavy (non-hydrogen) atoms. The average Bonchev–Trinajstić information content (AvgIpc) is 3.18. The van der Waals surface area contributed by atoms with Gasteiger partial charge in [0.05, 0.1) is 24.1 Å². The van der Waals surface area contributed by atoms with E-state index in [-0.39, 0.29) is 5.78 Å². The van der Waals surface area contributed by atoms with Crippen molar-refractivity contribution in [2.24, 2.45) is 5.73 Å². The van der Waals surface area contributed by atoms with Crippen molar-refractivity contribution in [3.8, 4) is 0 Å². The van der Waals surface area contributed by atoms with Crippen LogP contribution in [0.15, 0.2) is 60.6 Å². The standard InChI is InChI=1S/C21H20N4O.C2H6O.CH2O/c1-13(22)21(14(2)26)15-7-8-17-12-25(24-19(17)9-15)20-11-23-10-16-5-3-4-6-18(16)20;1-3-2;1-2/h3-11,24H,12,22H2,1-2H3;1-2H3;1H2/b21-13+;;. The molecule has 0 saturated carbocycles. The number of carbonyl (C=O) groups excluding carboxylic acids is 2. The molecule has 2 heterocycles. The third-order valence-electron chi connectivity index (χ3n) is 4.67. The number of nitrogens with two attached hydrogens (primary N) is 1. The number of ether oxygens (including phenoxy) is 1. The highest BCUT2D eigenvalue weighted by atomic mass is 16.4. The lowest BCUT2D eigenvalue weighted by molar-refractivity contribution is -0.111. The smallest absolute Gasteiger partial charge is 0.162 e. The number of aromatic nitrogens is 1. The number of rotatable bonds is 3. The monoisotopic (exact) mass is 420 g/mol. The van der Waals surface area contributed by atoms with Gasteiger partial charge in [0.2, 0.25) is 0 Å². The van der Waals surface area contributed by atoms with Crippen LogP contribution >= 0.6 is 0 Å². The Labute approximate surface area is 182 Å². The topological polar surface area (TPSA) is 97.5 Å². The van der Waals surface area contributed by atoms with Crippen LogP contribution in [0, 0.1) is 0 Å². The van der Waals surface area contributed by atoms with Crippen molar-refractivity contribution in [3.05, 3.63) is 71.7 Å². The molecule has 3 aromatic rings. The van der Waals surface area contributed by atoms with Crippen LogP contribution in [-0.2, 0) is 20.9 Å². The first-order valence-corrected chi connectivity index (χ1v) is 9.62. The van der Waals surface area contributed by atoms with Crippen molar-refractivity contribution in [3.63, 3.8) is 0 Å². The summed E-state index contributed by atoms with van der Waals surface area (Å²) in [6.07, 6.45) is 3.74. The molecule has 7 nitrogen and oxygen atoms in total. The summed E-state index contributed by atoms with van der Waals surface area (Å²) in [5.74, 6) is -0.0296. The van der Waals surface area contributed by atoms with Crippen molar-refractivity contribution in [2.45, 2.75) is 20.4 Å². The molecule has 1 aliphatic rings. The first-order chi connectivity index (χ1) is 15.0. The fourth-order valence-corrected chi connectivity index (χ4v) is 3.50. The Kier molecular flexibility index (Phi) is 8.28. The Morgan fingerprint density at radius 2 is 1.81 bits per heavy atom. The summed E-state index contributed by atoms with van der Waals surface area (Å²) in [6.45, 7) is 6.03. The molecule has 0 aliphatic carbocycles. The maximum Gasteiger partial charge on any atom is 0.162 e. The Balaban J connectivity index is 0.000000630. The molecule has 4 rings (SSSR count). The van der Waals surface area contributed by atoms with E-state index in [4.69, 9.17) is 10.5 Å². The summed E-state index contributed by atoms with van der Waals surface area (Å²) in [5.41, 5.74) is 14.5. The molecule has 0 amide bonds. The second-order valence-corrected chi connectivity index (χ2v) is 6.97. The van der Waals surface area contributed by atoms with Gasteiger partial charge in [-0.1, -0.05) is 36.4 Å². The number of Topliss-reactive ketones (excluding diaryl/α,β-unsaturated/α-hetero) is 1. The molecule has 0 atom stereocenters. The maximum atomic E-state index is 11.9. The van der Waals surface area contributed by atoms with Gasteiger partial charge in [0.15, 0.2) is 5.78 Å². The van der Waals surface area contributed by atoms with E-state index < -0.39 is 0 Å². The number of methoxy groups -OCH3 is 1. The number of ketones is 1. The van der Waals surface area contributed by atoms with Crippen LogP contribution in [0.5, 0.6) is 0 Å². The summed E-state index contributed by atoms with van der Waals surface area (Å²) in [5, 5.41) is 4.32. The van der Waals surface area contributed by atoms with Gasteiger partial charge in [-0.2, -0.15) is 0 Å². The third kappa shape index (κ3) is 5.26. The van der Waals surface area contributed by atoms with Gasteiger partial charge in [0.25, 0.3) is 0 Å². The van der Waals surface area contributed by atoms with E-state index in [2.05, 4.69) is 32.3 Å². The second-order valence-electron chi connectivity index (χ2n) is 6.97. The first-order valence-electron chi connectivity index (χ1n) is 9.62. The second kappa shape index (κ2) is 10.9. The molecule has 1 aliphatic heterocycles. The number of pyridine rings is 1. The van der Waals surface area contributed by atoms with Crippen LogP contribution in [0.2, 0.25) is 0 Å². The number of nitrogens with one attached hydrogen (secondary N) is 1. The zero-order valence-electron chi connectivity index (χ0n) is 18.3. The minimum Gasteiger partial charge on any atom is -0.402 e. The maximum absolute atomic E-state index is 11.9. The van der Waals surface area contributed by atoms with Crippen molar-refractivity contribution < 1.29 is 14.3 Å². The number of anilines is 2. The molecule has 0 fully saturated rings. The lowest BCUT2D eigenvalue weighted by Crippen LogP contribution is -2.22. The number of carbonyl (C=O) groups is 2. The number of hydrogen-bond donors (Lipinski definition) is 2. The van der Waals surface area contributed by atoms with Gasteiger partial charge in [-0.25, -0.2) is 0 Å². The van der Waals surface area contributed by atoms with Gasteiger partial charge in [-0.3, -0.25) is 20.2 Å². The molecule has 2 aromatic carbocycles. The van der Waals surface area contributed by atoms with E-state index in [1.807, 2.05) is 49.5 Å². The number of benzene rings is 2. The van der Waals surface area contributed by atoms with Crippen LogP contribution in [0.1, 0.15) is 25.0 Å². The van der Waals surface area contributed by atoms with Crippen LogP contribution in [0.25, 0.3) is 16.3 Å².